The van der Waals surface area contributed by atoms with Crippen molar-refractivity contribution < 1.29 is 18.4 Å². The van der Waals surface area contributed by atoms with Crippen LogP contribution in [0.1, 0.15) is 28.9 Å². The minimum atomic E-state index is -0.929. The highest BCUT2D eigenvalue weighted by molar-refractivity contribution is 5.94. The molecule has 0 fully saturated rings. The Morgan fingerprint density at radius 2 is 1.97 bits per heavy atom. The van der Waals surface area contributed by atoms with Crippen LogP contribution in [-0.2, 0) is 11.3 Å². The Morgan fingerprint density at radius 3 is 2.72 bits per heavy atom. The van der Waals surface area contributed by atoms with Crippen molar-refractivity contribution in [2.24, 2.45) is 0 Å². The predicted molar refractivity (Wildman–Crippen MR) is 102 cm³/mol. The average molecular weight is 399 g/mol. The van der Waals surface area contributed by atoms with Crippen LogP contribution in [0.3, 0.4) is 0 Å². The molecule has 29 heavy (non-hydrogen) atoms. The molecule has 2 aromatic heterocycles. The molecule has 0 atom stereocenters. The molecule has 0 aliphatic rings. The molecule has 3 aromatic rings. The zero-order chi connectivity index (χ0) is 20.6. The van der Waals surface area contributed by atoms with Crippen LogP contribution in [0.15, 0.2) is 54.9 Å². The largest absolute Gasteiger partial charge is 0.352 e. The van der Waals surface area contributed by atoms with Gasteiger partial charge >= 0.3 is 0 Å². The Labute approximate surface area is 165 Å². The van der Waals surface area contributed by atoms with Crippen molar-refractivity contribution >= 4 is 17.6 Å². The molecule has 0 spiro atoms. The van der Waals surface area contributed by atoms with Crippen LogP contribution in [0.5, 0.6) is 0 Å². The minimum absolute atomic E-state index is 0.152. The molecule has 2 amide bonds. The van der Waals surface area contributed by atoms with E-state index in [0.717, 1.165) is 17.8 Å². The summed E-state index contributed by atoms with van der Waals surface area (Å²) in [6, 6.07) is 10.0. The standard InChI is InChI=1S/C20H19F2N5O2/c21-14-6-7-16(17(22)12-14)20(29)24-10-3-5-19(28)25-18-8-11-27(26-18)13-15-4-1-2-9-23-15/h1-2,4,6-9,11-12H,3,5,10,13H2,(H,24,29)(H,25,26,28). The van der Waals surface area contributed by atoms with Gasteiger partial charge < -0.3 is 10.6 Å². The first-order valence-electron chi connectivity index (χ1n) is 8.98. The van der Waals surface area contributed by atoms with Crippen molar-refractivity contribution in [2.45, 2.75) is 19.4 Å². The number of amides is 2. The lowest BCUT2D eigenvalue weighted by Crippen LogP contribution is -2.26. The number of rotatable bonds is 8. The molecule has 2 heterocycles. The van der Waals surface area contributed by atoms with Crippen molar-refractivity contribution in [1.82, 2.24) is 20.1 Å². The van der Waals surface area contributed by atoms with Gasteiger partial charge in [0.1, 0.15) is 11.6 Å². The van der Waals surface area contributed by atoms with Crippen LogP contribution in [0, 0.1) is 11.6 Å². The maximum absolute atomic E-state index is 13.5. The number of carbonyl (C=O) groups excluding carboxylic acids is 2. The third-order valence-electron chi connectivity index (χ3n) is 4.00. The fraction of sp³-hybridized carbons (Fsp3) is 0.200. The molecule has 0 unspecified atom stereocenters. The summed E-state index contributed by atoms with van der Waals surface area (Å²) in [6.07, 6.45) is 3.95. The molecule has 150 valence electrons. The number of hydrogen-bond donors (Lipinski definition) is 2. The Kier molecular flexibility index (Phi) is 6.62. The first-order chi connectivity index (χ1) is 14.0. The van der Waals surface area contributed by atoms with E-state index < -0.39 is 17.5 Å². The molecule has 0 saturated carbocycles. The van der Waals surface area contributed by atoms with E-state index in [9.17, 15) is 18.4 Å². The van der Waals surface area contributed by atoms with Crippen LogP contribution in [0.4, 0.5) is 14.6 Å². The molecule has 1 aromatic carbocycles. The monoisotopic (exact) mass is 399 g/mol. The number of halogens is 2. The van der Waals surface area contributed by atoms with Crippen molar-refractivity contribution in [2.75, 3.05) is 11.9 Å². The van der Waals surface area contributed by atoms with E-state index in [2.05, 4.69) is 20.7 Å². The maximum Gasteiger partial charge on any atom is 0.254 e. The minimum Gasteiger partial charge on any atom is -0.352 e. The third-order valence-corrected chi connectivity index (χ3v) is 4.00. The first-order valence-corrected chi connectivity index (χ1v) is 8.98. The SMILES string of the molecule is O=C(CCCNC(=O)c1ccc(F)cc1F)Nc1ccn(Cc2ccccn2)n1. The summed E-state index contributed by atoms with van der Waals surface area (Å²) in [4.78, 5) is 28.1. The van der Waals surface area contributed by atoms with Gasteiger partial charge in [0.15, 0.2) is 5.82 Å². The molecule has 0 bridgehead atoms. The maximum atomic E-state index is 13.5. The Morgan fingerprint density at radius 1 is 1.10 bits per heavy atom. The third kappa shape index (κ3) is 5.93. The van der Waals surface area contributed by atoms with Crippen molar-refractivity contribution in [1.29, 1.82) is 0 Å². The number of benzene rings is 1. The highest BCUT2D eigenvalue weighted by Crippen LogP contribution is 2.09. The zero-order valence-electron chi connectivity index (χ0n) is 15.4. The second-order valence-electron chi connectivity index (χ2n) is 6.25. The van der Waals surface area contributed by atoms with Crippen molar-refractivity contribution in [3.8, 4) is 0 Å². The number of nitrogens with one attached hydrogen (secondary N) is 2. The van der Waals surface area contributed by atoms with Gasteiger partial charge in [-0.3, -0.25) is 19.3 Å². The van der Waals surface area contributed by atoms with Gasteiger partial charge in [0, 0.05) is 37.5 Å². The van der Waals surface area contributed by atoms with E-state index in [1.165, 1.54) is 0 Å². The van der Waals surface area contributed by atoms with Gasteiger partial charge in [0.2, 0.25) is 5.91 Å². The highest BCUT2D eigenvalue weighted by Gasteiger charge is 2.12. The molecule has 0 saturated heterocycles. The van der Waals surface area contributed by atoms with Gasteiger partial charge in [0.25, 0.3) is 5.91 Å². The van der Waals surface area contributed by atoms with Crippen LogP contribution >= 0.6 is 0 Å². The molecule has 0 aliphatic heterocycles. The Balaban J connectivity index is 1.39. The van der Waals surface area contributed by atoms with Gasteiger partial charge in [-0.05, 0) is 30.7 Å². The van der Waals surface area contributed by atoms with Gasteiger partial charge in [0.05, 0.1) is 17.8 Å². The highest BCUT2D eigenvalue weighted by atomic mass is 19.1. The molecule has 0 radical (unpaired) electrons. The second-order valence-corrected chi connectivity index (χ2v) is 6.25. The van der Waals surface area contributed by atoms with Crippen molar-refractivity contribution in [3.05, 3.63) is 77.8 Å². The summed E-state index contributed by atoms with van der Waals surface area (Å²) in [5.74, 6) is -2.17. The van der Waals surface area contributed by atoms with Crippen LogP contribution in [0.2, 0.25) is 0 Å². The fourth-order valence-corrected chi connectivity index (χ4v) is 2.60. The molecule has 9 heteroatoms. The van der Waals surface area contributed by atoms with Crippen LogP contribution < -0.4 is 10.6 Å². The number of carbonyl (C=O) groups is 2. The van der Waals surface area contributed by atoms with Gasteiger partial charge in [-0.1, -0.05) is 6.07 Å². The van der Waals surface area contributed by atoms with E-state index in [-0.39, 0.29) is 24.4 Å². The Hall–Kier alpha value is -3.62. The van der Waals surface area contributed by atoms with Gasteiger partial charge in [-0.25, -0.2) is 8.78 Å². The second kappa shape index (κ2) is 9.54. The summed E-state index contributed by atoms with van der Waals surface area (Å²) in [5.41, 5.74) is 0.608. The molecule has 7 nitrogen and oxygen atoms in total. The number of aromatic nitrogens is 3. The van der Waals surface area contributed by atoms with E-state index >= 15 is 0 Å². The van der Waals surface area contributed by atoms with Crippen molar-refractivity contribution in [3.63, 3.8) is 0 Å². The number of anilines is 1. The fourth-order valence-electron chi connectivity index (χ4n) is 2.60. The van der Waals surface area contributed by atoms with Crippen LogP contribution in [-0.4, -0.2) is 33.1 Å². The van der Waals surface area contributed by atoms with E-state index in [1.54, 1.807) is 23.1 Å². The summed E-state index contributed by atoms with van der Waals surface area (Å²) in [7, 11) is 0. The van der Waals surface area contributed by atoms with E-state index in [0.29, 0.717) is 24.8 Å². The van der Waals surface area contributed by atoms with Gasteiger partial charge in [-0.15, -0.1) is 0 Å². The molecular formula is C20H19F2N5O2. The summed E-state index contributed by atoms with van der Waals surface area (Å²) in [6.45, 7) is 0.667. The molecule has 2 N–H and O–H groups in total. The topological polar surface area (TPSA) is 88.9 Å². The lowest BCUT2D eigenvalue weighted by molar-refractivity contribution is -0.116. The number of nitrogens with zero attached hydrogens (tertiary/aromatic N) is 3. The quantitative estimate of drug-likeness (QED) is 0.570. The number of hydrogen-bond acceptors (Lipinski definition) is 4. The number of pyridine rings is 1. The molecular weight excluding hydrogens is 380 g/mol. The predicted octanol–water partition coefficient (Wildman–Crippen LogP) is 2.75. The van der Waals surface area contributed by atoms with E-state index in [1.807, 2.05) is 18.2 Å². The van der Waals surface area contributed by atoms with Gasteiger partial charge in [-0.2, -0.15) is 5.10 Å². The molecule has 3 rings (SSSR count). The average Bonchev–Trinajstić information content (AvgIpc) is 3.12. The van der Waals surface area contributed by atoms with Crippen LogP contribution in [0.25, 0.3) is 0 Å². The Bertz CT molecular complexity index is 992. The smallest absolute Gasteiger partial charge is 0.254 e. The lowest BCUT2D eigenvalue weighted by atomic mass is 10.2. The zero-order valence-corrected chi connectivity index (χ0v) is 15.4. The normalized spacial score (nSPS) is 10.6. The lowest BCUT2D eigenvalue weighted by Gasteiger charge is -2.06. The molecule has 0 aliphatic carbocycles. The summed E-state index contributed by atoms with van der Waals surface area (Å²) >= 11 is 0. The summed E-state index contributed by atoms with van der Waals surface area (Å²) < 4.78 is 28.1. The first kappa shape index (κ1) is 20.1. The van der Waals surface area contributed by atoms with E-state index in [4.69, 9.17) is 0 Å². The summed E-state index contributed by atoms with van der Waals surface area (Å²) in [5, 5.41) is 9.44.